The fraction of sp³-hybridized carbons (Fsp3) is 0.235. The summed E-state index contributed by atoms with van der Waals surface area (Å²) >= 11 is 0. The van der Waals surface area contributed by atoms with Gasteiger partial charge in [-0.25, -0.2) is 5.06 Å². The van der Waals surface area contributed by atoms with Gasteiger partial charge in [-0.2, -0.15) is 0 Å². The number of nitrogens with zero attached hydrogens (tertiary/aromatic N) is 1. The van der Waals surface area contributed by atoms with Gasteiger partial charge in [0.05, 0.1) is 13.2 Å². The van der Waals surface area contributed by atoms with Crippen molar-refractivity contribution >= 4 is 5.91 Å². The van der Waals surface area contributed by atoms with E-state index in [1.54, 1.807) is 6.08 Å². The van der Waals surface area contributed by atoms with E-state index in [1.807, 2.05) is 68.5 Å². The van der Waals surface area contributed by atoms with E-state index in [2.05, 4.69) is 0 Å². The van der Waals surface area contributed by atoms with Gasteiger partial charge in [0.15, 0.2) is 0 Å². The van der Waals surface area contributed by atoms with E-state index in [9.17, 15) is 4.79 Å². The van der Waals surface area contributed by atoms with Crippen LogP contribution in [-0.4, -0.2) is 17.6 Å². The number of amides is 1. The van der Waals surface area contributed by atoms with Crippen LogP contribution in [0, 0.1) is 0 Å². The van der Waals surface area contributed by atoms with Gasteiger partial charge in [0, 0.05) is 6.08 Å². The molecule has 0 saturated heterocycles. The fourth-order valence-electron chi connectivity index (χ4n) is 1.54. The van der Waals surface area contributed by atoms with Crippen LogP contribution >= 0.6 is 0 Å². The number of rotatable bonds is 7. The second-order valence-electron chi connectivity index (χ2n) is 4.11. The Morgan fingerprint density at radius 2 is 1.90 bits per heavy atom. The molecule has 0 fully saturated rings. The van der Waals surface area contributed by atoms with E-state index in [-0.39, 0.29) is 5.91 Å². The molecule has 0 saturated carbocycles. The smallest absolute Gasteiger partial charge is 0.267 e. The van der Waals surface area contributed by atoms with Crippen LogP contribution in [0.1, 0.15) is 19.4 Å². The molecule has 0 radical (unpaired) electrons. The van der Waals surface area contributed by atoms with Gasteiger partial charge in [0.25, 0.3) is 5.91 Å². The number of hydroxylamine groups is 2. The average molecular weight is 271 g/mol. The maximum Gasteiger partial charge on any atom is 0.270 e. The first kappa shape index (κ1) is 15.9. The number of benzene rings is 1. The van der Waals surface area contributed by atoms with Crippen molar-refractivity contribution in [2.75, 3.05) is 6.61 Å². The highest BCUT2D eigenvalue weighted by molar-refractivity contribution is 5.86. The highest BCUT2D eigenvalue weighted by atomic mass is 16.7. The minimum Gasteiger partial charge on any atom is -0.267 e. The summed E-state index contributed by atoms with van der Waals surface area (Å²) in [6.07, 6.45) is 10.8. The molecular formula is C17H21NO2. The standard InChI is InChI=1S/C17H21NO2/c1-3-5-6-10-14-20-18(17(19)11-4-2)15-16-12-8-7-9-13-16/h3-13H,14-15H2,1-2H3/b5-3+,10-6+,11-4+. The molecule has 0 unspecified atom stereocenters. The zero-order valence-corrected chi connectivity index (χ0v) is 12.0. The van der Waals surface area contributed by atoms with Crippen LogP contribution in [0.2, 0.25) is 0 Å². The second kappa shape index (κ2) is 9.75. The van der Waals surface area contributed by atoms with Crippen molar-refractivity contribution in [2.24, 2.45) is 0 Å². The van der Waals surface area contributed by atoms with E-state index >= 15 is 0 Å². The van der Waals surface area contributed by atoms with E-state index < -0.39 is 0 Å². The highest BCUT2D eigenvalue weighted by Gasteiger charge is 2.11. The molecule has 1 rings (SSSR count). The van der Waals surface area contributed by atoms with Crippen molar-refractivity contribution in [1.29, 1.82) is 0 Å². The average Bonchev–Trinajstić information content (AvgIpc) is 2.47. The topological polar surface area (TPSA) is 29.5 Å². The Morgan fingerprint density at radius 1 is 1.15 bits per heavy atom. The predicted octanol–water partition coefficient (Wildman–Crippen LogP) is 3.66. The van der Waals surface area contributed by atoms with Gasteiger partial charge in [0.2, 0.25) is 0 Å². The Hall–Kier alpha value is -2.13. The van der Waals surface area contributed by atoms with Crippen molar-refractivity contribution in [2.45, 2.75) is 20.4 Å². The molecule has 0 heterocycles. The molecule has 1 aromatic rings. The van der Waals surface area contributed by atoms with Gasteiger partial charge in [-0.3, -0.25) is 9.63 Å². The summed E-state index contributed by atoms with van der Waals surface area (Å²) in [5.41, 5.74) is 1.03. The number of carbonyl (C=O) groups is 1. The van der Waals surface area contributed by atoms with Crippen molar-refractivity contribution < 1.29 is 9.63 Å². The van der Waals surface area contributed by atoms with Gasteiger partial charge in [-0.05, 0) is 19.4 Å². The Balaban J connectivity index is 2.63. The third kappa shape index (κ3) is 6.16. The van der Waals surface area contributed by atoms with Crippen molar-refractivity contribution in [3.63, 3.8) is 0 Å². The van der Waals surface area contributed by atoms with E-state index in [0.717, 1.165) is 5.56 Å². The summed E-state index contributed by atoms with van der Waals surface area (Å²) < 4.78 is 0. The first-order chi connectivity index (χ1) is 9.77. The molecular weight excluding hydrogens is 250 g/mol. The van der Waals surface area contributed by atoms with E-state index in [4.69, 9.17) is 4.84 Å². The quantitative estimate of drug-likeness (QED) is 0.430. The summed E-state index contributed by atoms with van der Waals surface area (Å²) in [7, 11) is 0. The Morgan fingerprint density at radius 3 is 2.55 bits per heavy atom. The van der Waals surface area contributed by atoms with Gasteiger partial charge < -0.3 is 0 Å². The van der Waals surface area contributed by atoms with Crippen LogP contribution in [0.15, 0.2) is 66.8 Å². The minimum absolute atomic E-state index is 0.157. The maximum atomic E-state index is 11.9. The zero-order chi connectivity index (χ0) is 14.6. The third-order valence-electron chi connectivity index (χ3n) is 2.49. The minimum atomic E-state index is -0.157. The lowest BCUT2D eigenvalue weighted by molar-refractivity contribution is -0.180. The molecule has 106 valence electrons. The van der Waals surface area contributed by atoms with E-state index in [0.29, 0.717) is 13.2 Å². The van der Waals surface area contributed by atoms with Gasteiger partial charge in [-0.1, -0.05) is 60.7 Å². The summed E-state index contributed by atoms with van der Waals surface area (Å²) in [5.74, 6) is -0.157. The number of hydrogen-bond donors (Lipinski definition) is 0. The van der Waals surface area contributed by atoms with Crippen LogP contribution in [0.4, 0.5) is 0 Å². The highest BCUT2D eigenvalue weighted by Crippen LogP contribution is 2.06. The van der Waals surface area contributed by atoms with Crippen molar-refractivity contribution in [1.82, 2.24) is 5.06 Å². The molecule has 0 aliphatic carbocycles. The Labute approximate surface area is 120 Å². The molecule has 0 aliphatic heterocycles. The summed E-state index contributed by atoms with van der Waals surface area (Å²) in [6.45, 7) is 4.55. The summed E-state index contributed by atoms with van der Waals surface area (Å²) in [4.78, 5) is 17.5. The van der Waals surface area contributed by atoms with Crippen LogP contribution in [-0.2, 0) is 16.2 Å². The fourth-order valence-corrected chi connectivity index (χ4v) is 1.54. The SMILES string of the molecule is C/C=C/C=C/CON(Cc1ccccc1)C(=O)/C=C/C. The van der Waals surface area contributed by atoms with Crippen LogP contribution < -0.4 is 0 Å². The van der Waals surface area contributed by atoms with Gasteiger partial charge >= 0.3 is 0 Å². The first-order valence-corrected chi connectivity index (χ1v) is 6.66. The van der Waals surface area contributed by atoms with Crippen LogP contribution in [0.5, 0.6) is 0 Å². The molecule has 1 amide bonds. The molecule has 3 nitrogen and oxygen atoms in total. The van der Waals surface area contributed by atoms with Gasteiger partial charge in [0.1, 0.15) is 0 Å². The predicted molar refractivity (Wildman–Crippen MR) is 81.7 cm³/mol. The largest absolute Gasteiger partial charge is 0.270 e. The molecule has 0 N–H and O–H groups in total. The van der Waals surface area contributed by atoms with Crippen molar-refractivity contribution in [3.05, 3.63) is 72.4 Å². The zero-order valence-electron chi connectivity index (χ0n) is 12.0. The van der Waals surface area contributed by atoms with Crippen LogP contribution in [0.3, 0.4) is 0 Å². The monoisotopic (exact) mass is 271 g/mol. The first-order valence-electron chi connectivity index (χ1n) is 6.66. The number of allylic oxidation sites excluding steroid dienone is 4. The normalized spacial score (nSPS) is 11.7. The van der Waals surface area contributed by atoms with Crippen LogP contribution in [0.25, 0.3) is 0 Å². The van der Waals surface area contributed by atoms with Crippen molar-refractivity contribution in [3.8, 4) is 0 Å². The second-order valence-corrected chi connectivity index (χ2v) is 4.11. The number of hydrogen-bond acceptors (Lipinski definition) is 2. The summed E-state index contributed by atoms with van der Waals surface area (Å²) in [6, 6.07) is 9.77. The lowest BCUT2D eigenvalue weighted by atomic mass is 10.2. The lowest BCUT2D eigenvalue weighted by Crippen LogP contribution is -2.29. The molecule has 0 aliphatic rings. The molecule has 0 bridgehead atoms. The summed E-state index contributed by atoms with van der Waals surface area (Å²) in [5, 5.41) is 1.37. The third-order valence-corrected chi connectivity index (χ3v) is 2.49. The lowest BCUT2D eigenvalue weighted by Gasteiger charge is -2.19. The number of carbonyl (C=O) groups excluding carboxylic acids is 1. The Bertz CT molecular complexity index is 475. The molecule has 1 aromatic carbocycles. The Kier molecular flexibility index (Phi) is 7.77. The molecule has 0 spiro atoms. The molecule has 3 heteroatoms. The molecule has 0 atom stereocenters. The molecule has 20 heavy (non-hydrogen) atoms. The van der Waals surface area contributed by atoms with E-state index in [1.165, 1.54) is 11.1 Å². The molecule has 0 aromatic heterocycles. The maximum absolute atomic E-state index is 11.9. The van der Waals surface area contributed by atoms with Gasteiger partial charge in [-0.15, -0.1) is 0 Å².